The van der Waals surface area contributed by atoms with Gasteiger partial charge in [0.15, 0.2) is 17.5 Å². The number of hydrogen-bond donors (Lipinski definition) is 2. The van der Waals surface area contributed by atoms with Gasteiger partial charge in [0.1, 0.15) is 23.4 Å². The van der Waals surface area contributed by atoms with Crippen LogP contribution in [0.2, 0.25) is 0 Å². The highest BCUT2D eigenvalue weighted by Gasteiger charge is 2.18. The van der Waals surface area contributed by atoms with Gasteiger partial charge in [0.05, 0.1) is 11.8 Å². The van der Waals surface area contributed by atoms with Crippen molar-refractivity contribution >= 4 is 28.8 Å². The van der Waals surface area contributed by atoms with E-state index in [4.69, 9.17) is 0 Å². The smallest absolute Gasteiger partial charge is 0.252 e. The number of aromatic nitrogens is 6. The van der Waals surface area contributed by atoms with Gasteiger partial charge in [0, 0.05) is 43.1 Å². The van der Waals surface area contributed by atoms with E-state index in [-0.39, 0.29) is 17.3 Å². The van der Waals surface area contributed by atoms with E-state index in [1.54, 1.807) is 57.0 Å². The summed E-state index contributed by atoms with van der Waals surface area (Å²) in [6.07, 6.45) is 7.73. The van der Waals surface area contributed by atoms with Crippen molar-refractivity contribution in [3.05, 3.63) is 65.9 Å². The number of pyridine rings is 2. The van der Waals surface area contributed by atoms with Crippen LogP contribution >= 0.6 is 0 Å². The normalized spacial score (nSPS) is 10.5. The molecule has 0 radical (unpaired) electrons. The van der Waals surface area contributed by atoms with Crippen LogP contribution in [0, 0.1) is 29.6 Å². The Morgan fingerprint density at radius 3 is 2.42 bits per heavy atom. The standard InChI is InChI=1S/C21H16N12/c1-13-16(11-23)18(29-15-4-8-25-9-5-15)30-19(24-2)17(13)31-32-20-14(10-22)12-28-33(20)21-26-6-3-7-27-21/h3-9,12H,1-2H3,(H2,24,25,29,30). The maximum absolute atomic E-state index is 9.78. The molecule has 0 atom stereocenters. The zero-order valence-corrected chi connectivity index (χ0v) is 17.6. The molecule has 0 amide bonds. The predicted octanol–water partition coefficient (Wildman–Crippen LogP) is 3.70. The van der Waals surface area contributed by atoms with Crippen LogP contribution in [0.1, 0.15) is 16.7 Å². The molecule has 4 aromatic heterocycles. The fourth-order valence-corrected chi connectivity index (χ4v) is 2.95. The summed E-state index contributed by atoms with van der Waals surface area (Å²) >= 11 is 0. The van der Waals surface area contributed by atoms with Crippen molar-refractivity contribution in [1.29, 1.82) is 10.5 Å². The molecule has 0 fully saturated rings. The topological polar surface area (TPSA) is 166 Å². The summed E-state index contributed by atoms with van der Waals surface area (Å²) in [5.74, 6) is 1.16. The average molecular weight is 436 g/mol. The van der Waals surface area contributed by atoms with Crippen LogP contribution in [-0.4, -0.2) is 36.8 Å². The second kappa shape index (κ2) is 9.28. The summed E-state index contributed by atoms with van der Waals surface area (Å²) in [4.78, 5) is 16.8. The Morgan fingerprint density at radius 1 is 1.00 bits per heavy atom. The molecule has 0 aromatic carbocycles. The molecule has 0 saturated heterocycles. The molecule has 12 nitrogen and oxygen atoms in total. The molecular weight excluding hydrogens is 420 g/mol. The van der Waals surface area contributed by atoms with Gasteiger partial charge in [-0.1, -0.05) is 0 Å². The highest BCUT2D eigenvalue weighted by molar-refractivity contribution is 5.76. The first kappa shape index (κ1) is 21.0. The monoisotopic (exact) mass is 436 g/mol. The van der Waals surface area contributed by atoms with E-state index in [2.05, 4.69) is 52.0 Å². The maximum Gasteiger partial charge on any atom is 0.252 e. The number of azo groups is 1. The van der Waals surface area contributed by atoms with Gasteiger partial charge in [0.2, 0.25) is 0 Å². The number of nitrogens with zero attached hydrogens (tertiary/aromatic N) is 10. The molecule has 0 spiro atoms. The number of hydrogen-bond acceptors (Lipinski definition) is 11. The molecule has 2 N–H and O–H groups in total. The largest absolute Gasteiger partial charge is 0.371 e. The van der Waals surface area contributed by atoms with Crippen molar-refractivity contribution in [3.63, 3.8) is 0 Å². The van der Waals surface area contributed by atoms with E-state index in [0.717, 1.165) is 5.69 Å². The maximum atomic E-state index is 9.78. The molecular formula is C21H16N12. The number of rotatable bonds is 6. The minimum Gasteiger partial charge on any atom is -0.371 e. The van der Waals surface area contributed by atoms with Crippen molar-refractivity contribution in [3.8, 4) is 18.1 Å². The van der Waals surface area contributed by atoms with Crippen LogP contribution in [0.15, 0.2) is 59.4 Å². The lowest BCUT2D eigenvalue weighted by Crippen LogP contribution is -2.04. The number of nitriles is 2. The highest BCUT2D eigenvalue weighted by Crippen LogP contribution is 2.36. The molecule has 0 aliphatic carbocycles. The van der Waals surface area contributed by atoms with E-state index in [1.807, 2.05) is 6.07 Å². The summed E-state index contributed by atoms with van der Waals surface area (Å²) in [5, 5.41) is 38.1. The summed E-state index contributed by atoms with van der Waals surface area (Å²) < 4.78 is 1.31. The Bertz CT molecular complexity index is 1400. The molecule has 0 aliphatic heterocycles. The Hall–Kier alpha value is -5.23. The fourth-order valence-electron chi connectivity index (χ4n) is 2.95. The van der Waals surface area contributed by atoms with E-state index >= 15 is 0 Å². The van der Waals surface area contributed by atoms with Gasteiger partial charge in [-0.05, 0) is 25.1 Å². The first-order valence-electron chi connectivity index (χ1n) is 9.63. The lowest BCUT2D eigenvalue weighted by molar-refractivity contribution is 0.803. The molecule has 0 aliphatic rings. The Labute approximate surface area is 188 Å². The number of anilines is 3. The zero-order valence-electron chi connectivity index (χ0n) is 17.6. The Balaban J connectivity index is 1.79. The third kappa shape index (κ3) is 4.17. The van der Waals surface area contributed by atoms with E-state index in [1.165, 1.54) is 10.9 Å². The Morgan fingerprint density at radius 2 is 1.76 bits per heavy atom. The number of nitrogens with one attached hydrogen (secondary N) is 2. The molecule has 4 rings (SSSR count). The summed E-state index contributed by atoms with van der Waals surface area (Å²) in [5.41, 5.74) is 2.13. The lowest BCUT2D eigenvalue weighted by Gasteiger charge is -2.14. The molecule has 12 heteroatoms. The van der Waals surface area contributed by atoms with Gasteiger partial charge in [0.25, 0.3) is 5.95 Å². The van der Waals surface area contributed by atoms with Gasteiger partial charge >= 0.3 is 0 Å². The van der Waals surface area contributed by atoms with Gasteiger partial charge < -0.3 is 10.6 Å². The van der Waals surface area contributed by atoms with E-state index < -0.39 is 0 Å². The molecule has 0 saturated carbocycles. The average Bonchev–Trinajstić information content (AvgIpc) is 3.27. The third-order valence-electron chi connectivity index (χ3n) is 4.56. The summed E-state index contributed by atoms with van der Waals surface area (Å²) in [6.45, 7) is 1.75. The quantitative estimate of drug-likeness (QED) is 0.428. The minimum absolute atomic E-state index is 0.155. The summed E-state index contributed by atoms with van der Waals surface area (Å²) in [7, 11) is 1.69. The van der Waals surface area contributed by atoms with Crippen LogP contribution in [0.25, 0.3) is 5.95 Å². The van der Waals surface area contributed by atoms with Crippen LogP contribution in [0.4, 0.5) is 28.8 Å². The zero-order chi connectivity index (χ0) is 23.2. The van der Waals surface area contributed by atoms with Crippen molar-refractivity contribution in [2.24, 2.45) is 10.2 Å². The Kier molecular flexibility index (Phi) is 5.91. The van der Waals surface area contributed by atoms with Crippen molar-refractivity contribution in [2.75, 3.05) is 17.7 Å². The summed E-state index contributed by atoms with van der Waals surface area (Å²) in [6, 6.07) is 9.40. The SMILES string of the molecule is CNc1nc(Nc2ccncc2)c(C#N)c(C)c1N=Nc1c(C#N)cnn1-c1ncccn1. The van der Waals surface area contributed by atoms with E-state index in [0.29, 0.717) is 28.5 Å². The fraction of sp³-hybridized carbons (Fsp3) is 0.0952. The molecule has 0 unspecified atom stereocenters. The second-order valence-corrected chi connectivity index (χ2v) is 6.53. The third-order valence-corrected chi connectivity index (χ3v) is 4.56. The van der Waals surface area contributed by atoms with Crippen molar-refractivity contribution < 1.29 is 0 Å². The first-order chi connectivity index (χ1) is 16.2. The molecule has 33 heavy (non-hydrogen) atoms. The van der Waals surface area contributed by atoms with Crippen LogP contribution in [0.5, 0.6) is 0 Å². The van der Waals surface area contributed by atoms with Crippen molar-refractivity contribution in [1.82, 2.24) is 29.7 Å². The van der Waals surface area contributed by atoms with Gasteiger partial charge in [-0.3, -0.25) is 4.98 Å². The van der Waals surface area contributed by atoms with Gasteiger partial charge in [-0.15, -0.1) is 10.2 Å². The van der Waals surface area contributed by atoms with Gasteiger partial charge in [-0.2, -0.15) is 20.3 Å². The molecule has 4 heterocycles. The molecule has 4 aromatic rings. The second-order valence-electron chi connectivity index (χ2n) is 6.53. The molecule has 0 bridgehead atoms. The van der Waals surface area contributed by atoms with E-state index in [9.17, 15) is 10.5 Å². The lowest BCUT2D eigenvalue weighted by atomic mass is 10.1. The minimum atomic E-state index is 0.155. The van der Waals surface area contributed by atoms with Gasteiger partial charge in [-0.25, -0.2) is 15.0 Å². The highest BCUT2D eigenvalue weighted by atomic mass is 15.4. The molecule has 160 valence electrons. The van der Waals surface area contributed by atoms with Crippen LogP contribution in [-0.2, 0) is 0 Å². The predicted molar refractivity (Wildman–Crippen MR) is 119 cm³/mol. The van der Waals surface area contributed by atoms with Crippen LogP contribution in [0.3, 0.4) is 0 Å². The van der Waals surface area contributed by atoms with Crippen molar-refractivity contribution in [2.45, 2.75) is 6.92 Å². The van der Waals surface area contributed by atoms with Crippen LogP contribution < -0.4 is 10.6 Å². The first-order valence-corrected chi connectivity index (χ1v) is 9.63.